The van der Waals surface area contributed by atoms with E-state index in [1.807, 2.05) is 13.0 Å². The predicted molar refractivity (Wildman–Crippen MR) is 100 cm³/mol. The number of aromatic nitrogens is 2. The van der Waals surface area contributed by atoms with Crippen molar-refractivity contribution in [2.75, 3.05) is 5.32 Å². The summed E-state index contributed by atoms with van der Waals surface area (Å²) in [6.45, 7) is 3.94. The number of aryl methyl sites for hydroxylation is 2. The van der Waals surface area contributed by atoms with Gasteiger partial charge in [0.2, 0.25) is 0 Å². The van der Waals surface area contributed by atoms with Crippen LogP contribution in [0.25, 0.3) is 0 Å². The Kier molecular flexibility index (Phi) is 5.55. The topological polar surface area (TPSA) is 54.9 Å². The van der Waals surface area contributed by atoms with Gasteiger partial charge < -0.3 is 0 Å². The number of carbonyl (C=O) groups excluding carboxylic acids is 1. The summed E-state index contributed by atoms with van der Waals surface area (Å²) < 4.78 is 13.3. The van der Waals surface area contributed by atoms with Gasteiger partial charge in [-0.1, -0.05) is 19.1 Å². The second kappa shape index (κ2) is 7.84. The normalized spacial score (nSPS) is 10.8. The highest BCUT2D eigenvalue weighted by Gasteiger charge is 2.16. The van der Waals surface area contributed by atoms with Crippen LogP contribution in [0.2, 0.25) is 0 Å². The molecular formula is C18H18FN3OS2. The highest BCUT2D eigenvalue weighted by Crippen LogP contribution is 2.24. The first-order chi connectivity index (χ1) is 12.0. The molecule has 0 aliphatic rings. The summed E-state index contributed by atoms with van der Waals surface area (Å²) >= 11 is 2.83. The first-order valence-corrected chi connectivity index (χ1v) is 9.65. The second-order valence-electron chi connectivity index (χ2n) is 5.66. The minimum absolute atomic E-state index is 0.177. The molecule has 3 aromatic rings. The third kappa shape index (κ3) is 4.49. The predicted octanol–water partition coefficient (Wildman–Crippen LogP) is 4.84. The molecule has 1 N–H and O–H groups in total. The third-order valence-corrected chi connectivity index (χ3v) is 5.68. The molecule has 130 valence electrons. The Morgan fingerprint density at radius 3 is 2.92 bits per heavy atom. The molecule has 0 radical (unpaired) electrons. The van der Waals surface area contributed by atoms with E-state index in [2.05, 4.69) is 22.2 Å². The maximum Gasteiger partial charge on any atom is 0.269 e. The summed E-state index contributed by atoms with van der Waals surface area (Å²) in [6.07, 6.45) is 4.19. The van der Waals surface area contributed by atoms with Crippen molar-refractivity contribution in [1.29, 1.82) is 0 Å². The van der Waals surface area contributed by atoms with Gasteiger partial charge in [0.25, 0.3) is 5.91 Å². The van der Waals surface area contributed by atoms with Gasteiger partial charge >= 0.3 is 0 Å². The molecule has 0 saturated carbocycles. The van der Waals surface area contributed by atoms with Crippen LogP contribution in [0.1, 0.15) is 44.2 Å². The maximum absolute atomic E-state index is 13.3. The van der Waals surface area contributed by atoms with Crippen LogP contribution in [-0.2, 0) is 12.8 Å². The molecule has 0 bridgehead atoms. The van der Waals surface area contributed by atoms with Gasteiger partial charge in [-0.2, -0.15) is 0 Å². The maximum atomic E-state index is 13.3. The van der Waals surface area contributed by atoms with Crippen LogP contribution in [0.3, 0.4) is 0 Å². The fourth-order valence-corrected chi connectivity index (χ4v) is 4.34. The Labute approximate surface area is 153 Å². The Balaban J connectivity index is 1.67. The molecule has 0 spiro atoms. The minimum Gasteiger partial charge on any atom is -0.297 e. The lowest BCUT2D eigenvalue weighted by molar-refractivity contribution is 0.103. The van der Waals surface area contributed by atoms with Gasteiger partial charge in [-0.3, -0.25) is 10.1 Å². The van der Waals surface area contributed by atoms with Crippen molar-refractivity contribution in [2.24, 2.45) is 0 Å². The summed E-state index contributed by atoms with van der Waals surface area (Å²) in [4.78, 5) is 22.7. The van der Waals surface area contributed by atoms with Crippen molar-refractivity contribution in [1.82, 2.24) is 9.97 Å². The number of benzene rings is 1. The summed E-state index contributed by atoms with van der Waals surface area (Å²) in [5.74, 6) is -0.428. The van der Waals surface area contributed by atoms with Crippen LogP contribution >= 0.6 is 22.7 Å². The number of hydrogen-bond donors (Lipinski definition) is 1. The lowest BCUT2D eigenvalue weighted by Crippen LogP contribution is -2.11. The van der Waals surface area contributed by atoms with Crippen molar-refractivity contribution in [3.05, 3.63) is 62.3 Å². The molecule has 0 saturated heterocycles. The SMILES string of the molecule is CCCc1nc(C)c(C(=O)Nc2ncc(Cc3cccc(F)c3)s2)s1. The minimum atomic E-state index is -0.251. The average Bonchev–Trinajstić information content (AvgIpc) is 3.14. The van der Waals surface area contributed by atoms with E-state index in [4.69, 9.17) is 0 Å². The quantitative estimate of drug-likeness (QED) is 0.670. The van der Waals surface area contributed by atoms with E-state index < -0.39 is 0 Å². The van der Waals surface area contributed by atoms with Crippen LogP contribution in [0.4, 0.5) is 9.52 Å². The fraction of sp³-hybridized carbons (Fsp3) is 0.278. The van der Waals surface area contributed by atoms with Gasteiger partial charge in [0.15, 0.2) is 5.13 Å². The molecule has 0 aliphatic carbocycles. The molecule has 4 nitrogen and oxygen atoms in total. The highest BCUT2D eigenvalue weighted by molar-refractivity contribution is 7.16. The van der Waals surface area contributed by atoms with Crippen LogP contribution in [-0.4, -0.2) is 15.9 Å². The molecule has 2 heterocycles. The number of nitrogens with one attached hydrogen (secondary N) is 1. The number of amides is 1. The monoisotopic (exact) mass is 375 g/mol. The number of rotatable bonds is 6. The summed E-state index contributed by atoms with van der Waals surface area (Å²) in [5, 5.41) is 4.36. The summed E-state index contributed by atoms with van der Waals surface area (Å²) in [7, 11) is 0. The van der Waals surface area contributed by atoms with Crippen molar-refractivity contribution >= 4 is 33.7 Å². The van der Waals surface area contributed by atoms with Crippen LogP contribution in [0, 0.1) is 12.7 Å². The molecule has 1 amide bonds. The Morgan fingerprint density at radius 1 is 1.32 bits per heavy atom. The van der Waals surface area contributed by atoms with Gasteiger partial charge in [-0.25, -0.2) is 14.4 Å². The van der Waals surface area contributed by atoms with Crippen molar-refractivity contribution < 1.29 is 9.18 Å². The first-order valence-electron chi connectivity index (χ1n) is 8.02. The average molecular weight is 375 g/mol. The Hall–Kier alpha value is -2.12. The summed E-state index contributed by atoms with van der Waals surface area (Å²) in [5.41, 5.74) is 1.63. The number of halogens is 1. The van der Waals surface area contributed by atoms with Crippen molar-refractivity contribution in [3.63, 3.8) is 0 Å². The smallest absolute Gasteiger partial charge is 0.269 e. The van der Waals surface area contributed by atoms with Gasteiger partial charge in [0, 0.05) is 17.5 Å². The van der Waals surface area contributed by atoms with E-state index in [1.165, 1.54) is 34.8 Å². The number of carbonyl (C=O) groups is 1. The standard InChI is InChI=1S/C18H18FN3OS2/c1-3-5-15-21-11(2)16(25-15)17(23)22-18-20-10-14(24-18)9-12-6-4-7-13(19)8-12/h4,6-8,10H,3,5,9H2,1-2H3,(H,20,22,23). The second-order valence-corrected chi connectivity index (χ2v) is 7.86. The van der Waals surface area contributed by atoms with Gasteiger partial charge in [-0.15, -0.1) is 22.7 Å². The molecule has 0 aliphatic heterocycles. The molecule has 7 heteroatoms. The van der Waals surface area contributed by atoms with Crippen LogP contribution in [0.5, 0.6) is 0 Å². The molecule has 2 aromatic heterocycles. The molecule has 1 aromatic carbocycles. The number of thiazole rings is 2. The van der Waals surface area contributed by atoms with E-state index in [1.54, 1.807) is 12.3 Å². The van der Waals surface area contributed by atoms with Gasteiger partial charge in [0.05, 0.1) is 10.7 Å². The van der Waals surface area contributed by atoms with Crippen LogP contribution < -0.4 is 5.32 Å². The third-order valence-electron chi connectivity index (χ3n) is 3.55. The zero-order valence-corrected chi connectivity index (χ0v) is 15.6. The molecule has 0 fully saturated rings. The van der Waals surface area contributed by atoms with E-state index in [9.17, 15) is 9.18 Å². The molecule has 3 rings (SSSR count). The number of nitrogens with zero attached hydrogens (tertiary/aromatic N) is 2. The van der Waals surface area contributed by atoms with Gasteiger partial charge in [-0.05, 0) is 37.5 Å². The van der Waals surface area contributed by atoms with E-state index in [0.717, 1.165) is 34.0 Å². The van der Waals surface area contributed by atoms with E-state index in [-0.39, 0.29) is 11.7 Å². The highest BCUT2D eigenvalue weighted by atomic mass is 32.1. The Morgan fingerprint density at radius 2 is 2.16 bits per heavy atom. The zero-order chi connectivity index (χ0) is 17.8. The van der Waals surface area contributed by atoms with Crippen molar-refractivity contribution in [3.8, 4) is 0 Å². The molecule has 0 atom stereocenters. The van der Waals surface area contributed by atoms with Crippen molar-refractivity contribution in [2.45, 2.75) is 33.1 Å². The number of anilines is 1. The largest absolute Gasteiger partial charge is 0.297 e. The van der Waals surface area contributed by atoms with E-state index in [0.29, 0.717) is 16.4 Å². The molecular weight excluding hydrogens is 357 g/mol. The lowest BCUT2D eigenvalue weighted by Gasteiger charge is -1.99. The molecule has 25 heavy (non-hydrogen) atoms. The Bertz CT molecular complexity index is 888. The molecule has 0 unspecified atom stereocenters. The van der Waals surface area contributed by atoms with E-state index >= 15 is 0 Å². The van der Waals surface area contributed by atoms with Crippen LogP contribution in [0.15, 0.2) is 30.5 Å². The van der Waals surface area contributed by atoms with Gasteiger partial charge in [0.1, 0.15) is 10.7 Å². The summed E-state index contributed by atoms with van der Waals surface area (Å²) in [6, 6.07) is 6.49. The number of hydrogen-bond acceptors (Lipinski definition) is 5. The first kappa shape index (κ1) is 17.7. The fourth-order valence-electron chi connectivity index (χ4n) is 2.43. The lowest BCUT2D eigenvalue weighted by atomic mass is 10.1. The zero-order valence-electron chi connectivity index (χ0n) is 14.0.